The Kier molecular flexibility index (Phi) is 13.1. The molecule has 0 aromatic heterocycles. The van der Waals surface area contributed by atoms with Gasteiger partial charge in [-0.15, -0.1) is 0 Å². The van der Waals surface area contributed by atoms with Crippen LogP contribution in [-0.2, 0) is 17.9 Å². The zero-order chi connectivity index (χ0) is 33.2. The van der Waals surface area contributed by atoms with Crippen LogP contribution < -0.4 is 33.4 Å². The molecule has 0 saturated carbocycles. The summed E-state index contributed by atoms with van der Waals surface area (Å²) in [5.74, 6) is -0.0253. The first-order valence-electron chi connectivity index (χ1n) is 15.7. The molecule has 0 saturated heterocycles. The van der Waals surface area contributed by atoms with Gasteiger partial charge in [-0.2, -0.15) is 11.8 Å². The average molecular weight is 654 g/mol. The van der Waals surface area contributed by atoms with Crippen molar-refractivity contribution in [2.24, 2.45) is 0 Å². The van der Waals surface area contributed by atoms with Gasteiger partial charge in [0, 0.05) is 22.8 Å². The molecule has 2 N–H and O–H groups in total. The van der Waals surface area contributed by atoms with E-state index in [1.807, 2.05) is 79.9 Å². The van der Waals surface area contributed by atoms with Crippen LogP contribution in [0, 0.1) is 6.92 Å². The SMILES string of the molecule is COc1ccccc1[N+](Cc1ccccc1)(Cc1ccc(C(=O)N[C@@H](CCSC)C(=O)O)c(-c2ccccc2C)c1)c1ccccc1.[H-].[Li+]. The van der Waals surface area contributed by atoms with Gasteiger partial charge in [0.25, 0.3) is 5.91 Å². The molecule has 48 heavy (non-hydrogen) atoms. The summed E-state index contributed by atoms with van der Waals surface area (Å²) in [5.41, 5.74) is 7.45. The Morgan fingerprint density at radius 3 is 2.10 bits per heavy atom. The Morgan fingerprint density at radius 2 is 1.44 bits per heavy atom. The van der Waals surface area contributed by atoms with Crippen molar-refractivity contribution in [2.45, 2.75) is 32.5 Å². The number of rotatable bonds is 14. The van der Waals surface area contributed by atoms with Gasteiger partial charge >= 0.3 is 24.8 Å². The van der Waals surface area contributed by atoms with Gasteiger partial charge in [-0.25, -0.2) is 9.28 Å². The van der Waals surface area contributed by atoms with Crippen molar-refractivity contribution < 1.29 is 39.7 Å². The van der Waals surface area contributed by atoms with E-state index in [1.165, 1.54) is 5.56 Å². The van der Waals surface area contributed by atoms with Gasteiger partial charge in [-0.05, 0) is 72.4 Å². The number of carbonyl (C=O) groups excluding carboxylic acids is 1. The van der Waals surface area contributed by atoms with Crippen LogP contribution in [0.3, 0.4) is 0 Å². The first kappa shape index (κ1) is 36.6. The molecular weight excluding hydrogens is 611 g/mol. The number of nitrogens with zero attached hydrogens (tertiary/aromatic N) is 1. The summed E-state index contributed by atoms with van der Waals surface area (Å²) in [4.78, 5) is 25.8. The van der Waals surface area contributed by atoms with Crippen molar-refractivity contribution in [1.29, 1.82) is 0 Å². The van der Waals surface area contributed by atoms with E-state index >= 15 is 0 Å². The van der Waals surface area contributed by atoms with Crippen LogP contribution in [0.1, 0.15) is 34.9 Å². The van der Waals surface area contributed by atoms with Crippen molar-refractivity contribution in [3.63, 3.8) is 0 Å². The number of methoxy groups -OCH3 is 1. The zero-order valence-corrected chi connectivity index (χ0v) is 28.9. The molecule has 0 heterocycles. The van der Waals surface area contributed by atoms with E-state index < -0.39 is 17.9 Å². The molecule has 2 atom stereocenters. The Hall–Kier alpha value is -4.25. The molecule has 242 valence electrons. The number of benzene rings is 5. The second-order valence-electron chi connectivity index (χ2n) is 11.6. The molecule has 0 aliphatic heterocycles. The summed E-state index contributed by atoms with van der Waals surface area (Å²) in [6.45, 7) is 3.24. The van der Waals surface area contributed by atoms with E-state index in [0.717, 1.165) is 39.4 Å². The van der Waals surface area contributed by atoms with Crippen molar-refractivity contribution in [3.05, 3.63) is 150 Å². The molecule has 5 aromatic rings. The number of aryl methyl sites for hydroxylation is 1. The van der Waals surface area contributed by atoms with Crippen LogP contribution in [0.5, 0.6) is 5.75 Å². The van der Waals surface area contributed by atoms with E-state index in [1.54, 1.807) is 18.9 Å². The molecule has 1 amide bonds. The third-order valence-corrected chi connectivity index (χ3v) is 9.17. The third kappa shape index (κ3) is 8.42. The molecule has 0 radical (unpaired) electrons. The van der Waals surface area contributed by atoms with Crippen LogP contribution in [0.15, 0.2) is 127 Å². The van der Waals surface area contributed by atoms with Gasteiger partial charge in [-0.3, -0.25) is 4.79 Å². The fourth-order valence-electron chi connectivity index (χ4n) is 6.17. The average Bonchev–Trinajstić information content (AvgIpc) is 3.10. The number of carboxylic acid groups (broad SMARTS) is 1. The molecule has 8 heteroatoms. The van der Waals surface area contributed by atoms with Crippen LogP contribution in [-0.4, -0.2) is 42.1 Å². The molecular formula is C40H42LiN2O4S+. The molecule has 0 fully saturated rings. The largest absolute Gasteiger partial charge is 1.00 e. The number of ether oxygens (including phenoxy) is 1. The predicted octanol–water partition coefficient (Wildman–Crippen LogP) is 5.76. The van der Waals surface area contributed by atoms with E-state index in [0.29, 0.717) is 35.3 Å². The number of carboxylic acids is 1. The number of hydrogen-bond acceptors (Lipinski definition) is 4. The summed E-state index contributed by atoms with van der Waals surface area (Å²) in [5, 5.41) is 12.6. The van der Waals surface area contributed by atoms with Gasteiger partial charge < -0.3 is 16.6 Å². The fraction of sp³-hybridized carbons (Fsp3) is 0.200. The number of hydrogen-bond donors (Lipinski definition) is 2. The first-order valence-corrected chi connectivity index (χ1v) is 17.1. The second kappa shape index (κ2) is 17.2. The number of aliphatic carboxylic acids is 1. The summed E-state index contributed by atoms with van der Waals surface area (Å²) >= 11 is 1.55. The van der Waals surface area contributed by atoms with Crippen LogP contribution in [0.25, 0.3) is 11.1 Å². The monoisotopic (exact) mass is 653 g/mol. The number of para-hydroxylation sites is 3. The van der Waals surface area contributed by atoms with Gasteiger partial charge in [0.2, 0.25) is 0 Å². The normalized spacial score (nSPS) is 12.6. The van der Waals surface area contributed by atoms with Crippen molar-refractivity contribution in [3.8, 4) is 16.9 Å². The molecule has 5 rings (SSSR count). The van der Waals surface area contributed by atoms with Crippen LogP contribution in [0.4, 0.5) is 11.4 Å². The van der Waals surface area contributed by atoms with E-state index in [4.69, 9.17) is 4.74 Å². The Labute approximate surface area is 301 Å². The molecule has 5 aromatic carbocycles. The molecule has 0 spiro atoms. The molecule has 0 bridgehead atoms. The minimum atomic E-state index is -1.04. The second-order valence-corrected chi connectivity index (χ2v) is 12.6. The summed E-state index contributed by atoms with van der Waals surface area (Å²) in [6.07, 6.45) is 2.27. The van der Waals surface area contributed by atoms with Crippen LogP contribution in [0.2, 0.25) is 0 Å². The quantitative estimate of drug-likeness (QED) is 0.118. The molecule has 1 unspecified atom stereocenters. The molecule has 0 aliphatic rings. The maximum absolute atomic E-state index is 13.8. The topological polar surface area (TPSA) is 75.6 Å². The van der Waals surface area contributed by atoms with Gasteiger partial charge in [0.15, 0.2) is 11.4 Å². The van der Waals surface area contributed by atoms with Crippen molar-refractivity contribution in [1.82, 2.24) is 9.80 Å². The number of amides is 1. The summed E-state index contributed by atoms with van der Waals surface area (Å²) in [7, 11) is 1.70. The van der Waals surface area contributed by atoms with E-state index in [9.17, 15) is 14.7 Å². The predicted molar refractivity (Wildman–Crippen MR) is 194 cm³/mol. The zero-order valence-electron chi connectivity index (χ0n) is 29.1. The van der Waals surface area contributed by atoms with Crippen LogP contribution >= 0.6 is 11.8 Å². The van der Waals surface area contributed by atoms with E-state index in [-0.39, 0.29) is 20.3 Å². The number of thioether (sulfide) groups is 1. The Balaban J connectivity index is 0.00000325. The minimum Gasteiger partial charge on any atom is -1.00 e. The minimum absolute atomic E-state index is 0. The number of carbonyl (C=O) groups is 2. The van der Waals surface area contributed by atoms with Gasteiger partial charge in [-0.1, -0.05) is 91.0 Å². The maximum Gasteiger partial charge on any atom is 1.00 e. The molecule has 0 aliphatic carbocycles. The third-order valence-electron chi connectivity index (χ3n) is 8.52. The van der Waals surface area contributed by atoms with Gasteiger partial charge in [0.1, 0.15) is 24.8 Å². The van der Waals surface area contributed by atoms with Crippen molar-refractivity contribution in [2.75, 3.05) is 19.1 Å². The van der Waals surface area contributed by atoms with Crippen molar-refractivity contribution >= 4 is 35.0 Å². The first-order chi connectivity index (χ1) is 22.9. The maximum atomic E-state index is 13.8. The fourth-order valence-corrected chi connectivity index (χ4v) is 6.64. The Bertz CT molecular complexity index is 1830. The van der Waals surface area contributed by atoms with Gasteiger partial charge in [0.05, 0.1) is 7.11 Å². The summed E-state index contributed by atoms with van der Waals surface area (Å²) < 4.78 is 6.41. The standard InChI is InChI=1S/C40H40N2O4S.Li.H/c1-29-14-10-11-19-33(29)35-26-31(22-23-34(35)39(43)41-36(40(44)45)24-25-47-3)28-42(32-17-8-5-9-18-32,27-30-15-6-4-7-16-30)37-20-12-13-21-38(37)46-2;;/h4-23,26,36H,24-25,27-28H2,1-3H3,(H-,41,43,44,45);;/q;+1;-1/p+1/t36-,42?;;/m0../s1. The smallest absolute Gasteiger partial charge is 1.00 e. The summed E-state index contributed by atoms with van der Waals surface area (Å²) in [6, 6.07) is 42.0. The Morgan fingerprint density at radius 1 is 0.812 bits per heavy atom. The number of quaternary nitrogens is 1. The molecule has 6 nitrogen and oxygen atoms in total. The number of nitrogens with one attached hydrogen (secondary N) is 1. The van der Waals surface area contributed by atoms with E-state index in [2.05, 4.69) is 66.0 Å².